The fourth-order valence-electron chi connectivity index (χ4n) is 2.27. The highest BCUT2D eigenvalue weighted by Crippen LogP contribution is 2.30. The van der Waals surface area contributed by atoms with Crippen LogP contribution >= 0.6 is 0 Å². The highest BCUT2D eigenvalue weighted by atomic mass is 16.1. The average molecular weight is 188 g/mol. The Morgan fingerprint density at radius 1 is 1.50 bits per heavy atom. The molecule has 1 unspecified atom stereocenters. The van der Waals surface area contributed by atoms with Crippen LogP contribution in [0.25, 0.3) is 0 Å². The number of hydrogen-bond donors (Lipinski definition) is 0. The molecule has 0 aliphatic heterocycles. The number of carbonyl (C=O) groups excluding carboxylic acids is 1. The van der Waals surface area contributed by atoms with Crippen molar-refractivity contribution in [2.75, 3.05) is 0 Å². The summed E-state index contributed by atoms with van der Waals surface area (Å²) >= 11 is 0. The molecule has 14 heavy (non-hydrogen) atoms. The van der Waals surface area contributed by atoms with E-state index in [4.69, 9.17) is 0 Å². The Morgan fingerprint density at radius 3 is 3.07 bits per heavy atom. The van der Waals surface area contributed by atoms with Gasteiger partial charge < -0.3 is 4.79 Å². The first-order valence-corrected chi connectivity index (χ1v) is 5.42. The SMILES string of the molecule is CCc1ccc2c(c1)CCCC2C=O. The molecule has 0 saturated heterocycles. The Bertz CT molecular complexity index is 341. The van der Waals surface area contributed by atoms with Gasteiger partial charge in [-0.25, -0.2) is 0 Å². The molecule has 1 aromatic carbocycles. The molecule has 0 saturated carbocycles. The predicted molar refractivity (Wildman–Crippen MR) is 57.6 cm³/mol. The zero-order valence-corrected chi connectivity index (χ0v) is 8.62. The second-order valence-corrected chi connectivity index (χ2v) is 4.02. The second-order valence-electron chi connectivity index (χ2n) is 4.02. The van der Waals surface area contributed by atoms with Crippen LogP contribution in [0.1, 0.15) is 42.4 Å². The van der Waals surface area contributed by atoms with Crippen LogP contribution in [-0.2, 0) is 17.6 Å². The van der Waals surface area contributed by atoms with Gasteiger partial charge in [0.2, 0.25) is 0 Å². The summed E-state index contributed by atoms with van der Waals surface area (Å²) in [6.07, 6.45) is 5.52. The number of fused-ring (bicyclic) bond motifs is 1. The van der Waals surface area contributed by atoms with Crippen molar-refractivity contribution in [3.63, 3.8) is 0 Å². The largest absolute Gasteiger partial charge is 0.303 e. The number of hydrogen-bond acceptors (Lipinski definition) is 1. The van der Waals surface area contributed by atoms with Crippen LogP contribution < -0.4 is 0 Å². The molecule has 0 fully saturated rings. The fourth-order valence-corrected chi connectivity index (χ4v) is 2.27. The van der Waals surface area contributed by atoms with Gasteiger partial charge in [-0.15, -0.1) is 0 Å². The summed E-state index contributed by atoms with van der Waals surface area (Å²) in [5.41, 5.74) is 4.05. The third kappa shape index (κ3) is 1.59. The molecular weight excluding hydrogens is 172 g/mol. The summed E-state index contributed by atoms with van der Waals surface area (Å²) in [4.78, 5) is 10.9. The summed E-state index contributed by atoms with van der Waals surface area (Å²) < 4.78 is 0. The van der Waals surface area contributed by atoms with Gasteiger partial charge in [-0.2, -0.15) is 0 Å². The normalized spacial score (nSPS) is 20.2. The second kappa shape index (κ2) is 3.95. The molecule has 0 radical (unpaired) electrons. The Kier molecular flexibility index (Phi) is 2.67. The van der Waals surface area contributed by atoms with Crippen LogP contribution in [0.15, 0.2) is 18.2 Å². The summed E-state index contributed by atoms with van der Waals surface area (Å²) in [6, 6.07) is 6.57. The van der Waals surface area contributed by atoms with E-state index >= 15 is 0 Å². The van der Waals surface area contributed by atoms with Gasteiger partial charge in [0.1, 0.15) is 6.29 Å². The Balaban J connectivity index is 2.40. The summed E-state index contributed by atoms with van der Waals surface area (Å²) in [7, 11) is 0. The van der Waals surface area contributed by atoms with Crippen LogP contribution in [0.3, 0.4) is 0 Å². The number of rotatable bonds is 2. The molecule has 1 aliphatic carbocycles. The Hall–Kier alpha value is -1.11. The Labute approximate surface area is 85.1 Å². The molecule has 1 atom stereocenters. The van der Waals surface area contributed by atoms with Crippen molar-refractivity contribution in [1.82, 2.24) is 0 Å². The first kappa shape index (κ1) is 9.45. The first-order valence-electron chi connectivity index (χ1n) is 5.42. The zero-order chi connectivity index (χ0) is 9.97. The monoisotopic (exact) mass is 188 g/mol. The molecule has 0 aromatic heterocycles. The van der Waals surface area contributed by atoms with Crippen LogP contribution in [-0.4, -0.2) is 6.29 Å². The van der Waals surface area contributed by atoms with Gasteiger partial charge in [-0.05, 0) is 42.4 Å². The smallest absolute Gasteiger partial charge is 0.127 e. The third-order valence-electron chi connectivity index (χ3n) is 3.14. The first-order chi connectivity index (χ1) is 6.85. The van der Waals surface area contributed by atoms with Crippen molar-refractivity contribution in [2.45, 2.75) is 38.5 Å². The molecule has 74 valence electrons. The van der Waals surface area contributed by atoms with Crippen LogP contribution in [0.4, 0.5) is 0 Å². The molecular formula is C13H16O. The number of aldehydes is 1. The maximum atomic E-state index is 10.9. The quantitative estimate of drug-likeness (QED) is 0.652. The van der Waals surface area contributed by atoms with E-state index in [1.54, 1.807) is 0 Å². The van der Waals surface area contributed by atoms with E-state index in [1.807, 2.05) is 0 Å². The predicted octanol–water partition coefficient (Wildman–Crippen LogP) is 2.87. The molecule has 1 aromatic rings. The number of benzene rings is 1. The molecule has 0 heterocycles. The van der Waals surface area contributed by atoms with E-state index in [-0.39, 0.29) is 5.92 Å². The molecule has 0 spiro atoms. The number of carbonyl (C=O) groups is 1. The fraction of sp³-hybridized carbons (Fsp3) is 0.462. The lowest BCUT2D eigenvalue weighted by Crippen LogP contribution is -2.11. The van der Waals surface area contributed by atoms with Crippen LogP contribution in [0.2, 0.25) is 0 Å². The van der Waals surface area contributed by atoms with Gasteiger partial charge in [0, 0.05) is 5.92 Å². The Morgan fingerprint density at radius 2 is 2.36 bits per heavy atom. The summed E-state index contributed by atoms with van der Waals surface area (Å²) in [5, 5.41) is 0. The number of aryl methyl sites for hydroxylation is 2. The zero-order valence-electron chi connectivity index (χ0n) is 8.62. The third-order valence-corrected chi connectivity index (χ3v) is 3.14. The standard InChI is InChI=1S/C13H16O/c1-2-10-6-7-13-11(8-10)4-3-5-12(13)9-14/h6-9,12H,2-5H2,1H3. The highest BCUT2D eigenvalue weighted by molar-refractivity contribution is 5.64. The van der Waals surface area contributed by atoms with Crippen LogP contribution in [0, 0.1) is 0 Å². The maximum absolute atomic E-state index is 10.9. The minimum absolute atomic E-state index is 0.157. The molecule has 0 bridgehead atoms. The van der Waals surface area contributed by atoms with Crippen molar-refractivity contribution in [3.8, 4) is 0 Å². The van der Waals surface area contributed by atoms with Gasteiger partial charge in [0.05, 0.1) is 0 Å². The average Bonchev–Trinajstić information content (AvgIpc) is 2.27. The molecule has 1 nitrogen and oxygen atoms in total. The highest BCUT2D eigenvalue weighted by Gasteiger charge is 2.19. The molecule has 0 N–H and O–H groups in total. The summed E-state index contributed by atoms with van der Waals surface area (Å²) in [5.74, 6) is 0.157. The van der Waals surface area contributed by atoms with E-state index in [1.165, 1.54) is 16.7 Å². The van der Waals surface area contributed by atoms with E-state index in [9.17, 15) is 4.79 Å². The van der Waals surface area contributed by atoms with Crippen molar-refractivity contribution in [1.29, 1.82) is 0 Å². The summed E-state index contributed by atoms with van der Waals surface area (Å²) in [6.45, 7) is 2.17. The van der Waals surface area contributed by atoms with Gasteiger partial charge in [-0.1, -0.05) is 25.1 Å². The van der Waals surface area contributed by atoms with Crippen molar-refractivity contribution in [3.05, 3.63) is 34.9 Å². The van der Waals surface area contributed by atoms with E-state index < -0.39 is 0 Å². The minimum Gasteiger partial charge on any atom is -0.303 e. The topological polar surface area (TPSA) is 17.1 Å². The van der Waals surface area contributed by atoms with Crippen molar-refractivity contribution >= 4 is 6.29 Å². The molecule has 2 rings (SSSR count). The van der Waals surface area contributed by atoms with E-state index in [0.717, 1.165) is 32.0 Å². The lowest BCUT2D eigenvalue weighted by atomic mass is 9.83. The molecule has 1 heteroatoms. The lowest BCUT2D eigenvalue weighted by molar-refractivity contribution is -0.109. The lowest BCUT2D eigenvalue weighted by Gasteiger charge is -2.21. The van der Waals surface area contributed by atoms with Crippen molar-refractivity contribution in [2.24, 2.45) is 0 Å². The van der Waals surface area contributed by atoms with E-state index in [0.29, 0.717) is 0 Å². The van der Waals surface area contributed by atoms with Crippen molar-refractivity contribution < 1.29 is 4.79 Å². The molecule has 1 aliphatic rings. The van der Waals surface area contributed by atoms with Gasteiger partial charge >= 0.3 is 0 Å². The van der Waals surface area contributed by atoms with Gasteiger partial charge in [-0.3, -0.25) is 0 Å². The molecule has 0 amide bonds. The van der Waals surface area contributed by atoms with E-state index in [2.05, 4.69) is 25.1 Å². The minimum atomic E-state index is 0.157. The van der Waals surface area contributed by atoms with Gasteiger partial charge in [0.25, 0.3) is 0 Å². The maximum Gasteiger partial charge on any atom is 0.127 e. The van der Waals surface area contributed by atoms with Crippen LogP contribution in [0.5, 0.6) is 0 Å². The van der Waals surface area contributed by atoms with Gasteiger partial charge in [0.15, 0.2) is 0 Å².